The van der Waals surface area contributed by atoms with Crippen LogP contribution in [0.3, 0.4) is 0 Å². The van der Waals surface area contributed by atoms with Crippen molar-refractivity contribution in [3.05, 3.63) is 0 Å². The van der Waals surface area contributed by atoms with Gasteiger partial charge in [0.1, 0.15) is 0 Å². The van der Waals surface area contributed by atoms with Crippen LogP contribution in [0, 0.1) is 0 Å². The number of carboxylic acids is 1. The fourth-order valence-electron chi connectivity index (χ4n) is 1.23. The van der Waals surface area contributed by atoms with Crippen molar-refractivity contribution in [3.8, 4) is 0 Å². The number of aliphatic hydroxyl groups excluding tert-OH is 1. The molecule has 1 atom stereocenters. The van der Waals surface area contributed by atoms with Gasteiger partial charge in [0.15, 0.2) is 0 Å². The Hall–Kier alpha value is -0.505. The quantitative estimate of drug-likeness (QED) is 0.587. The van der Waals surface area contributed by atoms with Crippen LogP contribution in [-0.4, -0.2) is 30.6 Å². The molecule has 2 radical (unpaired) electrons. The minimum absolute atomic E-state index is 0.00163. The molecule has 3 nitrogen and oxygen atoms in total. The lowest BCUT2D eigenvalue weighted by atomic mass is 9.63. The van der Waals surface area contributed by atoms with E-state index in [0.29, 0.717) is 19.3 Å². The molecule has 1 unspecified atom stereocenters. The van der Waals surface area contributed by atoms with Gasteiger partial charge in [0.25, 0.3) is 0 Å². The van der Waals surface area contributed by atoms with Gasteiger partial charge in [0.2, 0.25) is 0 Å². The van der Waals surface area contributed by atoms with Gasteiger partial charge in [-0.1, -0.05) is 19.8 Å². The van der Waals surface area contributed by atoms with Gasteiger partial charge < -0.3 is 10.2 Å². The van der Waals surface area contributed by atoms with Gasteiger partial charge in [-0.15, -0.1) is 0 Å². The highest BCUT2D eigenvalue weighted by molar-refractivity contribution is 6.26. The molecule has 13 heavy (non-hydrogen) atoms. The molecule has 74 valence electrons. The van der Waals surface area contributed by atoms with Crippen LogP contribution in [0.5, 0.6) is 0 Å². The first kappa shape index (κ1) is 12.5. The molecular weight excluding hydrogens is 167 g/mol. The number of carbonyl (C=O) groups is 1. The van der Waals surface area contributed by atoms with Crippen molar-refractivity contribution in [2.45, 2.75) is 44.3 Å². The van der Waals surface area contributed by atoms with E-state index >= 15 is 0 Å². The Morgan fingerprint density at radius 3 is 2.31 bits per heavy atom. The topological polar surface area (TPSA) is 57.5 Å². The summed E-state index contributed by atoms with van der Waals surface area (Å²) in [5, 5.41) is 16.3. The molecule has 0 aromatic carbocycles. The normalized spacial score (nSPS) is 15.2. The minimum Gasteiger partial charge on any atom is -0.481 e. The Bertz CT molecular complexity index is 151. The maximum Gasteiger partial charge on any atom is 0.300 e. The van der Waals surface area contributed by atoms with Gasteiger partial charge in [-0.3, -0.25) is 4.79 Å². The third kappa shape index (κ3) is 4.32. The zero-order chi connectivity index (χ0) is 10.3. The van der Waals surface area contributed by atoms with E-state index in [0.717, 1.165) is 12.8 Å². The highest BCUT2D eigenvalue weighted by atomic mass is 16.4. The molecule has 0 aromatic heterocycles. The first-order valence-corrected chi connectivity index (χ1v) is 4.70. The van der Waals surface area contributed by atoms with Crippen molar-refractivity contribution in [3.63, 3.8) is 0 Å². The number of rotatable bonds is 7. The van der Waals surface area contributed by atoms with E-state index in [1.54, 1.807) is 0 Å². The number of aliphatic hydroxyl groups is 1. The van der Waals surface area contributed by atoms with Gasteiger partial charge in [0.05, 0.1) is 7.85 Å². The zero-order valence-corrected chi connectivity index (χ0v) is 8.12. The second-order valence-corrected chi connectivity index (χ2v) is 3.39. The molecule has 2 N–H and O–H groups in total. The summed E-state index contributed by atoms with van der Waals surface area (Å²) in [7, 11) is 5.70. The molecule has 0 bridgehead atoms. The number of hydrogen-bond donors (Lipinski definition) is 2. The number of unbranched alkanes of at least 4 members (excludes halogenated alkanes) is 1. The molecular formula is C9H17BO3. The maximum absolute atomic E-state index is 10.8. The van der Waals surface area contributed by atoms with Crippen LogP contribution in [0.4, 0.5) is 0 Å². The Morgan fingerprint density at radius 1 is 1.38 bits per heavy atom. The van der Waals surface area contributed by atoms with Crippen molar-refractivity contribution >= 4 is 13.8 Å². The van der Waals surface area contributed by atoms with Gasteiger partial charge >= 0.3 is 5.97 Å². The summed E-state index contributed by atoms with van der Waals surface area (Å²) in [6.45, 7) is 1.99. The SMILES string of the molecule is [B]C(CCCC)(CCCO)C(=O)O. The average molecular weight is 184 g/mol. The lowest BCUT2D eigenvalue weighted by Crippen LogP contribution is -2.24. The Balaban J connectivity index is 4.08. The third-order valence-corrected chi connectivity index (χ3v) is 2.18. The van der Waals surface area contributed by atoms with Crippen LogP contribution in [0.15, 0.2) is 0 Å². The van der Waals surface area contributed by atoms with Gasteiger partial charge in [-0.25, -0.2) is 0 Å². The second-order valence-electron chi connectivity index (χ2n) is 3.39. The van der Waals surface area contributed by atoms with Crippen LogP contribution in [0.2, 0.25) is 5.31 Å². The molecule has 0 amide bonds. The summed E-state index contributed by atoms with van der Waals surface area (Å²) in [6.07, 6.45) is 3.03. The van der Waals surface area contributed by atoms with E-state index in [4.69, 9.17) is 18.1 Å². The van der Waals surface area contributed by atoms with Crippen LogP contribution < -0.4 is 0 Å². The fourth-order valence-corrected chi connectivity index (χ4v) is 1.23. The minimum atomic E-state index is -1.14. The molecule has 0 heterocycles. The largest absolute Gasteiger partial charge is 0.481 e. The monoisotopic (exact) mass is 184 g/mol. The van der Waals surface area contributed by atoms with Gasteiger partial charge in [-0.05, 0) is 19.3 Å². The zero-order valence-electron chi connectivity index (χ0n) is 8.12. The summed E-state index contributed by atoms with van der Waals surface area (Å²) in [5.74, 6) is -0.964. The lowest BCUT2D eigenvalue weighted by molar-refractivity contribution is -0.141. The summed E-state index contributed by atoms with van der Waals surface area (Å²) >= 11 is 0. The fraction of sp³-hybridized carbons (Fsp3) is 0.889. The van der Waals surface area contributed by atoms with Gasteiger partial charge in [0, 0.05) is 11.9 Å². The average Bonchev–Trinajstić information content (AvgIpc) is 2.11. The molecule has 0 saturated heterocycles. The molecule has 0 fully saturated rings. The van der Waals surface area contributed by atoms with Crippen molar-refractivity contribution < 1.29 is 15.0 Å². The Kier molecular flexibility index (Phi) is 5.79. The van der Waals surface area contributed by atoms with Crippen LogP contribution in [-0.2, 0) is 4.79 Å². The number of carboxylic acid groups (broad SMARTS) is 1. The molecule has 0 rings (SSSR count). The maximum atomic E-state index is 10.8. The summed E-state index contributed by atoms with van der Waals surface area (Å²) in [5.41, 5.74) is 0. The highest BCUT2D eigenvalue weighted by Crippen LogP contribution is 2.34. The summed E-state index contributed by atoms with van der Waals surface area (Å²) < 4.78 is 0. The molecule has 0 aliphatic rings. The number of aliphatic carboxylic acids is 1. The van der Waals surface area contributed by atoms with E-state index in [2.05, 4.69) is 0 Å². The standard InChI is InChI=1S/C9H17BO3/c1-2-3-5-9(10,8(12)13)6-4-7-11/h11H,2-7H2,1H3,(H,12,13). The van der Waals surface area contributed by atoms with Crippen LogP contribution in [0.1, 0.15) is 39.0 Å². The lowest BCUT2D eigenvalue weighted by Gasteiger charge is -2.24. The first-order chi connectivity index (χ1) is 6.06. The van der Waals surface area contributed by atoms with E-state index in [1.165, 1.54) is 0 Å². The van der Waals surface area contributed by atoms with Crippen molar-refractivity contribution in [1.82, 2.24) is 0 Å². The summed E-state index contributed by atoms with van der Waals surface area (Å²) in [6, 6.07) is 0. The molecule has 0 aliphatic carbocycles. The van der Waals surface area contributed by atoms with E-state index in [9.17, 15) is 4.79 Å². The molecule has 0 aliphatic heterocycles. The van der Waals surface area contributed by atoms with Crippen molar-refractivity contribution in [2.24, 2.45) is 0 Å². The van der Waals surface area contributed by atoms with E-state index < -0.39 is 11.3 Å². The van der Waals surface area contributed by atoms with E-state index in [1.807, 2.05) is 6.92 Å². The van der Waals surface area contributed by atoms with E-state index in [-0.39, 0.29) is 6.61 Å². The third-order valence-electron chi connectivity index (χ3n) is 2.18. The van der Waals surface area contributed by atoms with Crippen molar-refractivity contribution in [2.75, 3.05) is 6.61 Å². The van der Waals surface area contributed by atoms with Gasteiger partial charge in [-0.2, -0.15) is 0 Å². The van der Waals surface area contributed by atoms with Crippen LogP contribution in [0.25, 0.3) is 0 Å². The predicted molar refractivity (Wildman–Crippen MR) is 51.9 cm³/mol. The molecule has 0 spiro atoms. The predicted octanol–water partition coefficient (Wildman–Crippen LogP) is 1.36. The van der Waals surface area contributed by atoms with Crippen molar-refractivity contribution in [1.29, 1.82) is 0 Å². The summed E-state index contributed by atoms with van der Waals surface area (Å²) in [4.78, 5) is 10.8. The first-order valence-electron chi connectivity index (χ1n) is 4.70. The Morgan fingerprint density at radius 2 is 1.92 bits per heavy atom. The second kappa shape index (κ2) is 6.03. The number of hydrogen-bond acceptors (Lipinski definition) is 2. The smallest absolute Gasteiger partial charge is 0.300 e. The molecule has 0 saturated carbocycles. The molecule has 4 heteroatoms. The highest BCUT2D eigenvalue weighted by Gasteiger charge is 2.30. The Labute approximate surface area is 80.6 Å². The van der Waals surface area contributed by atoms with Crippen LogP contribution >= 0.6 is 0 Å². The molecule has 0 aromatic rings.